The fraction of sp³-hybridized carbons (Fsp3) is 0.125. The largest absolute Gasteiger partial charge is 0.298 e. The molecule has 0 bridgehead atoms. The van der Waals surface area contributed by atoms with Crippen LogP contribution in [0.3, 0.4) is 0 Å². The summed E-state index contributed by atoms with van der Waals surface area (Å²) >= 11 is 0. The van der Waals surface area contributed by atoms with E-state index in [-0.39, 0.29) is 0 Å². The number of aldehydes is 1. The molecule has 1 aliphatic heterocycles. The van der Waals surface area contributed by atoms with E-state index in [4.69, 9.17) is 0 Å². The average molecular weight is 236 g/mol. The zero-order chi connectivity index (χ0) is 12.4. The fourth-order valence-electron chi connectivity index (χ4n) is 2.35. The standard InChI is InChI=1S/C16H14NO/c18-12-14-6-4-13(5-7-14)11-15-8-10-17-9-2-1-3-16(15)17/h1-7,9,11-12H,8,10H2/q+1. The molecule has 0 unspecified atom stereocenters. The van der Waals surface area contributed by atoms with Crippen molar-refractivity contribution in [2.24, 2.45) is 0 Å². The third-order valence-electron chi connectivity index (χ3n) is 3.31. The molecule has 2 heterocycles. The predicted molar refractivity (Wildman–Crippen MR) is 71.0 cm³/mol. The van der Waals surface area contributed by atoms with Crippen LogP contribution in [0.5, 0.6) is 0 Å². The molecule has 0 radical (unpaired) electrons. The van der Waals surface area contributed by atoms with Crippen molar-refractivity contribution in [1.29, 1.82) is 0 Å². The van der Waals surface area contributed by atoms with E-state index in [9.17, 15) is 4.79 Å². The molecular weight excluding hydrogens is 222 g/mol. The number of benzene rings is 1. The van der Waals surface area contributed by atoms with Gasteiger partial charge >= 0.3 is 0 Å². The SMILES string of the molecule is O=Cc1ccc(C=C2CC[n+]3ccccc32)cc1. The van der Waals surface area contributed by atoms with Gasteiger partial charge in [0.25, 0.3) is 0 Å². The molecule has 0 spiro atoms. The van der Waals surface area contributed by atoms with E-state index in [1.807, 2.05) is 24.3 Å². The number of carbonyl (C=O) groups excluding carboxylic acids is 1. The van der Waals surface area contributed by atoms with Gasteiger partial charge in [0, 0.05) is 29.7 Å². The maximum atomic E-state index is 10.6. The minimum absolute atomic E-state index is 0.721. The molecule has 1 aromatic heterocycles. The minimum atomic E-state index is 0.721. The highest BCUT2D eigenvalue weighted by molar-refractivity contribution is 5.81. The molecule has 18 heavy (non-hydrogen) atoms. The van der Waals surface area contributed by atoms with Crippen molar-refractivity contribution < 1.29 is 9.36 Å². The topological polar surface area (TPSA) is 20.9 Å². The highest BCUT2D eigenvalue weighted by atomic mass is 16.1. The third-order valence-corrected chi connectivity index (χ3v) is 3.31. The molecule has 0 aliphatic carbocycles. The van der Waals surface area contributed by atoms with Gasteiger partial charge in [-0.25, -0.2) is 0 Å². The van der Waals surface area contributed by atoms with E-state index >= 15 is 0 Å². The predicted octanol–water partition coefficient (Wildman–Crippen LogP) is 2.73. The number of hydrogen-bond donors (Lipinski definition) is 0. The lowest BCUT2D eigenvalue weighted by atomic mass is 10.1. The first-order valence-corrected chi connectivity index (χ1v) is 6.11. The quantitative estimate of drug-likeness (QED) is 0.580. The Labute approximate surface area is 106 Å². The molecule has 2 aromatic rings. The number of nitrogens with zero attached hydrogens (tertiary/aromatic N) is 1. The molecule has 88 valence electrons. The smallest absolute Gasteiger partial charge is 0.208 e. The van der Waals surface area contributed by atoms with Crippen molar-refractivity contribution in [3.8, 4) is 0 Å². The Morgan fingerprint density at radius 1 is 1.00 bits per heavy atom. The third kappa shape index (κ3) is 1.97. The Morgan fingerprint density at radius 2 is 1.78 bits per heavy atom. The lowest BCUT2D eigenvalue weighted by Gasteiger charge is -1.96. The highest BCUT2D eigenvalue weighted by Gasteiger charge is 2.22. The molecule has 0 saturated heterocycles. The number of aryl methyl sites for hydroxylation is 1. The van der Waals surface area contributed by atoms with Crippen LogP contribution >= 0.6 is 0 Å². The molecule has 3 rings (SSSR count). The maximum absolute atomic E-state index is 10.6. The van der Waals surface area contributed by atoms with Gasteiger partial charge in [0.2, 0.25) is 5.69 Å². The van der Waals surface area contributed by atoms with Crippen molar-refractivity contribution in [1.82, 2.24) is 0 Å². The molecule has 2 heteroatoms. The Morgan fingerprint density at radius 3 is 2.56 bits per heavy atom. The second-order valence-electron chi connectivity index (χ2n) is 4.48. The van der Waals surface area contributed by atoms with Crippen molar-refractivity contribution in [3.05, 3.63) is 65.5 Å². The van der Waals surface area contributed by atoms with Gasteiger partial charge in [-0.3, -0.25) is 4.79 Å². The van der Waals surface area contributed by atoms with Gasteiger partial charge in [-0.05, 0) is 17.7 Å². The van der Waals surface area contributed by atoms with Crippen molar-refractivity contribution in [3.63, 3.8) is 0 Å². The van der Waals surface area contributed by atoms with Gasteiger partial charge in [-0.15, -0.1) is 0 Å². The van der Waals surface area contributed by atoms with Gasteiger partial charge < -0.3 is 0 Å². The molecule has 0 atom stereocenters. The Hall–Kier alpha value is -2.22. The molecule has 0 saturated carbocycles. The number of hydrogen-bond acceptors (Lipinski definition) is 1. The monoisotopic (exact) mass is 236 g/mol. The van der Waals surface area contributed by atoms with Crippen LogP contribution in [-0.4, -0.2) is 6.29 Å². The molecule has 0 amide bonds. The lowest BCUT2D eigenvalue weighted by molar-refractivity contribution is -0.689. The van der Waals surface area contributed by atoms with E-state index in [1.165, 1.54) is 11.3 Å². The first-order chi connectivity index (χ1) is 8.86. The first-order valence-electron chi connectivity index (χ1n) is 6.11. The van der Waals surface area contributed by atoms with E-state index in [1.54, 1.807) is 0 Å². The zero-order valence-electron chi connectivity index (χ0n) is 10.0. The van der Waals surface area contributed by atoms with Crippen LogP contribution in [0.15, 0.2) is 48.7 Å². The molecule has 1 aliphatic rings. The zero-order valence-corrected chi connectivity index (χ0v) is 10.0. The van der Waals surface area contributed by atoms with Gasteiger partial charge in [-0.1, -0.05) is 24.3 Å². The summed E-state index contributed by atoms with van der Waals surface area (Å²) < 4.78 is 2.27. The van der Waals surface area contributed by atoms with Crippen LogP contribution < -0.4 is 4.57 Å². The van der Waals surface area contributed by atoms with Gasteiger partial charge in [0.1, 0.15) is 6.29 Å². The fourth-order valence-corrected chi connectivity index (χ4v) is 2.35. The maximum Gasteiger partial charge on any atom is 0.208 e. The summed E-state index contributed by atoms with van der Waals surface area (Å²) in [7, 11) is 0. The summed E-state index contributed by atoms with van der Waals surface area (Å²) in [5.41, 5.74) is 4.51. The van der Waals surface area contributed by atoms with E-state index < -0.39 is 0 Å². The van der Waals surface area contributed by atoms with Crippen LogP contribution in [0, 0.1) is 0 Å². The average Bonchev–Trinajstić information content (AvgIpc) is 2.83. The summed E-state index contributed by atoms with van der Waals surface area (Å²) in [6.45, 7) is 1.05. The summed E-state index contributed by atoms with van der Waals surface area (Å²) in [6.07, 6.45) is 6.26. The highest BCUT2D eigenvalue weighted by Crippen LogP contribution is 2.23. The summed E-state index contributed by atoms with van der Waals surface area (Å²) in [5, 5.41) is 0. The van der Waals surface area contributed by atoms with E-state index in [0.717, 1.165) is 30.4 Å². The van der Waals surface area contributed by atoms with Gasteiger partial charge in [-0.2, -0.15) is 4.57 Å². The van der Waals surface area contributed by atoms with Crippen molar-refractivity contribution in [2.45, 2.75) is 13.0 Å². The van der Waals surface area contributed by atoms with E-state index in [2.05, 4.69) is 35.0 Å². The Bertz CT molecular complexity index is 611. The second kappa shape index (κ2) is 4.57. The molecule has 1 aromatic carbocycles. The molecular formula is C16H14NO+. The van der Waals surface area contributed by atoms with Gasteiger partial charge in [0.15, 0.2) is 12.7 Å². The van der Waals surface area contributed by atoms with Crippen LogP contribution in [0.25, 0.3) is 11.6 Å². The molecule has 2 nitrogen and oxygen atoms in total. The normalized spacial score (nSPS) is 15.7. The summed E-state index contributed by atoms with van der Waals surface area (Å²) in [4.78, 5) is 10.6. The molecule has 0 fully saturated rings. The lowest BCUT2D eigenvalue weighted by Crippen LogP contribution is -2.31. The summed E-state index contributed by atoms with van der Waals surface area (Å²) in [5.74, 6) is 0. The van der Waals surface area contributed by atoms with Crippen molar-refractivity contribution in [2.75, 3.05) is 0 Å². The van der Waals surface area contributed by atoms with Crippen molar-refractivity contribution >= 4 is 17.9 Å². The number of allylic oxidation sites excluding steroid dienone is 1. The van der Waals surface area contributed by atoms with Crippen LogP contribution in [0.4, 0.5) is 0 Å². The van der Waals surface area contributed by atoms with E-state index in [0.29, 0.717) is 0 Å². The number of pyridine rings is 1. The Kier molecular flexibility index (Phi) is 2.77. The number of rotatable bonds is 2. The number of fused-ring (bicyclic) bond motifs is 1. The van der Waals surface area contributed by atoms with Crippen LogP contribution in [0.1, 0.15) is 28.0 Å². The summed E-state index contributed by atoms with van der Waals surface area (Å²) in [6, 6.07) is 14.0. The number of aromatic nitrogens is 1. The second-order valence-corrected chi connectivity index (χ2v) is 4.48. The molecule has 0 N–H and O–H groups in total. The van der Waals surface area contributed by atoms with Gasteiger partial charge in [0.05, 0.1) is 0 Å². The minimum Gasteiger partial charge on any atom is -0.298 e. The number of carbonyl (C=O) groups is 1. The van der Waals surface area contributed by atoms with Crippen LogP contribution in [0.2, 0.25) is 0 Å². The Balaban J connectivity index is 1.95. The first kappa shape index (κ1) is 10.9. The van der Waals surface area contributed by atoms with Crippen LogP contribution in [-0.2, 0) is 6.54 Å².